The van der Waals surface area contributed by atoms with E-state index in [1.165, 1.54) is 44.1 Å². The Hall–Kier alpha value is -0.820. The van der Waals surface area contributed by atoms with Gasteiger partial charge in [0.15, 0.2) is 0 Å². The molecule has 0 bridgehead atoms. The molecule has 0 amide bonds. The second kappa shape index (κ2) is 8.58. The predicted octanol–water partition coefficient (Wildman–Crippen LogP) is 5.37. The number of nitrogens with one attached hydrogen (secondary N) is 1. The Morgan fingerprint density at radius 2 is 1.76 bits per heavy atom. The minimum absolute atomic E-state index is 0.657. The maximum atomic E-state index is 3.93. The van der Waals surface area contributed by atoms with Gasteiger partial charge in [0.05, 0.1) is 0 Å². The molecule has 1 heteroatoms. The zero-order valence-electron chi connectivity index (χ0n) is 14.1. The van der Waals surface area contributed by atoms with E-state index in [-0.39, 0.29) is 0 Å². The molecule has 1 aliphatic rings. The van der Waals surface area contributed by atoms with E-state index in [0.29, 0.717) is 12.0 Å². The van der Waals surface area contributed by atoms with Gasteiger partial charge in [-0.05, 0) is 43.2 Å². The highest BCUT2D eigenvalue weighted by Gasteiger charge is 2.34. The van der Waals surface area contributed by atoms with Crippen molar-refractivity contribution in [3.05, 3.63) is 35.9 Å². The van der Waals surface area contributed by atoms with Crippen molar-refractivity contribution in [3.63, 3.8) is 0 Å². The summed E-state index contributed by atoms with van der Waals surface area (Å²) in [7, 11) is 0. The summed E-state index contributed by atoms with van der Waals surface area (Å²) in [6, 6.07) is 11.9. The first kappa shape index (κ1) is 16.5. The molecule has 0 aliphatic heterocycles. The summed E-state index contributed by atoms with van der Waals surface area (Å²) in [4.78, 5) is 0. The van der Waals surface area contributed by atoms with Crippen molar-refractivity contribution in [2.24, 2.45) is 11.8 Å². The Labute approximate surface area is 131 Å². The highest BCUT2D eigenvalue weighted by molar-refractivity contribution is 5.23. The molecule has 0 saturated heterocycles. The molecule has 1 aliphatic carbocycles. The van der Waals surface area contributed by atoms with E-state index in [0.717, 1.165) is 18.4 Å². The minimum Gasteiger partial charge on any atom is -0.313 e. The molecule has 1 nitrogen and oxygen atoms in total. The van der Waals surface area contributed by atoms with Crippen LogP contribution in [0.25, 0.3) is 0 Å². The molecule has 1 N–H and O–H groups in total. The lowest BCUT2D eigenvalue weighted by atomic mass is 9.75. The molecule has 21 heavy (non-hydrogen) atoms. The molecule has 1 aromatic rings. The molecule has 0 radical (unpaired) electrons. The third-order valence-corrected chi connectivity index (χ3v) is 5.37. The Morgan fingerprint density at radius 1 is 1.10 bits per heavy atom. The van der Waals surface area contributed by atoms with E-state index in [1.54, 1.807) is 0 Å². The molecule has 0 heterocycles. The Balaban J connectivity index is 2.25. The van der Waals surface area contributed by atoms with Gasteiger partial charge in [-0.15, -0.1) is 0 Å². The van der Waals surface area contributed by atoms with Crippen molar-refractivity contribution in [2.45, 2.75) is 71.3 Å². The van der Waals surface area contributed by atoms with Crippen LogP contribution in [0.15, 0.2) is 30.3 Å². The summed E-state index contributed by atoms with van der Waals surface area (Å²) >= 11 is 0. The highest BCUT2D eigenvalue weighted by Crippen LogP contribution is 2.39. The molecule has 3 unspecified atom stereocenters. The van der Waals surface area contributed by atoms with Crippen molar-refractivity contribution in [3.8, 4) is 0 Å². The molecule has 3 atom stereocenters. The van der Waals surface area contributed by atoms with Gasteiger partial charge < -0.3 is 5.32 Å². The quantitative estimate of drug-likeness (QED) is 0.677. The van der Waals surface area contributed by atoms with Crippen molar-refractivity contribution in [1.29, 1.82) is 0 Å². The van der Waals surface area contributed by atoms with Crippen LogP contribution in [0, 0.1) is 11.8 Å². The van der Waals surface area contributed by atoms with Gasteiger partial charge in [-0.3, -0.25) is 0 Å². The van der Waals surface area contributed by atoms with Gasteiger partial charge in [0, 0.05) is 12.0 Å². The minimum atomic E-state index is 0.657. The van der Waals surface area contributed by atoms with Crippen LogP contribution in [-0.4, -0.2) is 12.6 Å². The molecular formula is C20H33N. The van der Waals surface area contributed by atoms with Crippen LogP contribution in [0.5, 0.6) is 0 Å². The SMILES string of the molecule is CCCNC(C1CCCC1)C(c1ccccc1)C(C)CC. The maximum Gasteiger partial charge on any atom is 0.0167 e. The molecule has 1 fully saturated rings. The summed E-state index contributed by atoms with van der Waals surface area (Å²) < 4.78 is 0. The number of hydrogen-bond donors (Lipinski definition) is 1. The molecule has 2 rings (SSSR count). The zero-order valence-corrected chi connectivity index (χ0v) is 14.1. The molecule has 118 valence electrons. The Kier molecular flexibility index (Phi) is 6.76. The van der Waals surface area contributed by atoms with E-state index in [1.807, 2.05) is 0 Å². The monoisotopic (exact) mass is 287 g/mol. The fourth-order valence-electron chi connectivity index (χ4n) is 4.03. The third kappa shape index (κ3) is 4.32. The van der Waals surface area contributed by atoms with Gasteiger partial charge in [-0.2, -0.15) is 0 Å². The summed E-state index contributed by atoms with van der Waals surface area (Å²) in [6.45, 7) is 8.21. The first-order valence-corrected chi connectivity index (χ1v) is 9.06. The van der Waals surface area contributed by atoms with E-state index >= 15 is 0 Å². The van der Waals surface area contributed by atoms with Gasteiger partial charge in [0.25, 0.3) is 0 Å². The normalized spacial score (nSPS) is 20.3. The molecule has 0 spiro atoms. The summed E-state index contributed by atoms with van der Waals surface area (Å²) in [5.74, 6) is 2.27. The zero-order chi connectivity index (χ0) is 15.1. The molecule has 1 aromatic carbocycles. The predicted molar refractivity (Wildman–Crippen MR) is 92.7 cm³/mol. The molecule has 1 saturated carbocycles. The standard InChI is InChI=1S/C20H33N/c1-4-15-21-20(18-13-9-10-14-18)19(16(3)5-2)17-11-7-6-8-12-17/h6-8,11-12,16,18-21H,4-5,9-10,13-15H2,1-3H3. The van der Waals surface area contributed by atoms with E-state index in [4.69, 9.17) is 0 Å². The highest BCUT2D eigenvalue weighted by atomic mass is 14.9. The summed E-state index contributed by atoms with van der Waals surface area (Å²) in [5, 5.41) is 3.93. The fraction of sp³-hybridized carbons (Fsp3) is 0.700. The van der Waals surface area contributed by atoms with Crippen molar-refractivity contribution in [2.75, 3.05) is 6.54 Å². The molecular weight excluding hydrogens is 254 g/mol. The summed E-state index contributed by atoms with van der Waals surface area (Å²) in [6.07, 6.45) is 8.18. The number of benzene rings is 1. The van der Waals surface area contributed by atoms with Crippen LogP contribution in [0.1, 0.15) is 70.8 Å². The smallest absolute Gasteiger partial charge is 0.0167 e. The van der Waals surface area contributed by atoms with Crippen LogP contribution in [0.2, 0.25) is 0 Å². The Bertz CT molecular complexity index is 380. The van der Waals surface area contributed by atoms with E-state index in [2.05, 4.69) is 56.4 Å². The van der Waals surface area contributed by atoms with Gasteiger partial charge in [0.2, 0.25) is 0 Å². The summed E-state index contributed by atoms with van der Waals surface area (Å²) in [5.41, 5.74) is 1.53. The van der Waals surface area contributed by atoms with Crippen LogP contribution < -0.4 is 5.32 Å². The van der Waals surface area contributed by atoms with Crippen molar-refractivity contribution >= 4 is 0 Å². The maximum absolute atomic E-state index is 3.93. The number of hydrogen-bond acceptors (Lipinski definition) is 1. The van der Waals surface area contributed by atoms with Crippen molar-refractivity contribution in [1.82, 2.24) is 5.32 Å². The van der Waals surface area contributed by atoms with E-state index in [9.17, 15) is 0 Å². The van der Waals surface area contributed by atoms with Crippen LogP contribution >= 0.6 is 0 Å². The second-order valence-electron chi connectivity index (χ2n) is 6.85. The van der Waals surface area contributed by atoms with Gasteiger partial charge >= 0.3 is 0 Å². The van der Waals surface area contributed by atoms with Gasteiger partial charge in [0.1, 0.15) is 0 Å². The second-order valence-corrected chi connectivity index (χ2v) is 6.85. The molecule has 0 aromatic heterocycles. The van der Waals surface area contributed by atoms with E-state index < -0.39 is 0 Å². The van der Waals surface area contributed by atoms with Crippen LogP contribution in [0.3, 0.4) is 0 Å². The largest absolute Gasteiger partial charge is 0.313 e. The lowest BCUT2D eigenvalue weighted by Crippen LogP contribution is -2.43. The first-order chi connectivity index (χ1) is 10.3. The average molecular weight is 287 g/mol. The van der Waals surface area contributed by atoms with Crippen LogP contribution in [-0.2, 0) is 0 Å². The Morgan fingerprint density at radius 3 is 2.33 bits per heavy atom. The lowest BCUT2D eigenvalue weighted by Gasteiger charge is -2.37. The van der Waals surface area contributed by atoms with Gasteiger partial charge in [-0.1, -0.05) is 70.4 Å². The first-order valence-electron chi connectivity index (χ1n) is 9.06. The number of rotatable bonds is 8. The fourth-order valence-corrected chi connectivity index (χ4v) is 4.03. The topological polar surface area (TPSA) is 12.0 Å². The third-order valence-electron chi connectivity index (χ3n) is 5.37. The lowest BCUT2D eigenvalue weighted by molar-refractivity contribution is 0.256. The van der Waals surface area contributed by atoms with Gasteiger partial charge in [-0.25, -0.2) is 0 Å². The van der Waals surface area contributed by atoms with Crippen LogP contribution in [0.4, 0.5) is 0 Å². The average Bonchev–Trinajstić information content (AvgIpc) is 3.05. The van der Waals surface area contributed by atoms with Crippen molar-refractivity contribution < 1.29 is 0 Å².